The molecular formula is C13H23N3O. The summed E-state index contributed by atoms with van der Waals surface area (Å²) in [6, 6.07) is 0. The molecule has 17 heavy (non-hydrogen) atoms. The van der Waals surface area contributed by atoms with Crippen LogP contribution in [0.2, 0.25) is 0 Å². The van der Waals surface area contributed by atoms with E-state index < -0.39 is 0 Å². The second-order valence-electron chi connectivity index (χ2n) is 4.76. The minimum Gasteiger partial charge on any atom is -0.448 e. The number of likely N-dealkylation sites (N-methyl/N-ethyl adjacent to an activating group) is 2. The molecule has 2 heterocycles. The molecule has 0 aliphatic carbocycles. The molecule has 0 amide bonds. The number of rotatable bonds is 5. The Balaban J connectivity index is 1.94. The summed E-state index contributed by atoms with van der Waals surface area (Å²) < 4.78 is 5.63. The maximum Gasteiger partial charge on any atom is 0.198 e. The molecule has 0 aromatic carbocycles. The van der Waals surface area contributed by atoms with Gasteiger partial charge in [-0.3, -0.25) is 0 Å². The number of nitrogens with zero attached hydrogens (tertiary/aromatic N) is 2. The van der Waals surface area contributed by atoms with Crippen molar-refractivity contribution in [2.24, 2.45) is 0 Å². The number of piperidine rings is 1. The molecule has 1 aliphatic rings. The van der Waals surface area contributed by atoms with Crippen molar-refractivity contribution in [2.75, 3.05) is 33.2 Å². The first-order chi connectivity index (χ1) is 8.33. The van der Waals surface area contributed by atoms with E-state index in [1.165, 1.54) is 19.4 Å². The summed E-state index contributed by atoms with van der Waals surface area (Å²) in [5, 5.41) is 3.13. The van der Waals surface area contributed by atoms with E-state index in [9.17, 15) is 0 Å². The van der Waals surface area contributed by atoms with Gasteiger partial charge in [-0.2, -0.15) is 0 Å². The summed E-state index contributed by atoms with van der Waals surface area (Å²) in [7, 11) is 1.96. The van der Waals surface area contributed by atoms with E-state index in [0.717, 1.165) is 37.6 Å². The molecule has 0 spiro atoms. The first-order valence-corrected chi connectivity index (χ1v) is 6.64. The molecule has 4 nitrogen and oxygen atoms in total. The molecule has 1 N–H and O–H groups in total. The van der Waals surface area contributed by atoms with E-state index in [0.29, 0.717) is 5.92 Å². The summed E-state index contributed by atoms with van der Waals surface area (Å²) in [5.74, 6) is 1.43. The van der Waals surface area contributed by atoms with Crippen molar-refractivity contribution < 1.29 is 4.42 Å². The first kappa shape index (κ1) is 12.6. The standard InChI is InChI=1S/C13H23N3O/c1-3-16-8-4-5-11(9-16)13-15-12(10-17-13)6-7-14-2/h10-11,14H,3-9H2,1-2H3. The van der Waals surface area contributed by atoms with Gasteiger partial charge in [0.2, 0.25) is 0 Å². The van der Waals surface area contributed by atoms with Crippen LogP contribution in [0.5, 0.6) is 0 Å². The largest absolute Gasteiger partial charge is 0.448 e. The maximum atomic E-state index is 5.63. The summed E-state index contributed by atoms with van der Waals surface area (Å²) in [6.45, 7) is 6.63. The third-order valence-corrected chi connectivity index (χ3v) is 3.50. The first-order valence-electron chi connectivity index (χ1n) is 6.64. The molecule has 1 saturated heterocycles. The fourth-order valence-electron chi connectivity index (χ4n) is 2.42. The van der Waals surface area contributed by atoms with Crippen molar-refractivity contribution >= 4 is 0 Å². The zero-order valence-electron chi connectivity index (χ0n) is 10.9. The Morgan fingerprint density at radius 3 is 3.24 bits per heavy atom. The zero-order valence-corrected chi connectivity index (χ0v) is 10.9. The van der Waals surface area contributed by atoms with Gasteiger partial charge in [-0.1, -0.05) is 6.92 Å². The molecule has 1 fully saturated rings. The number of aromatic nitrogens is 1. The molecule has 2 rings (SSSR count). The smallest absolute Gasteiger partial charge is 0.198 e. The molecule has 96 valence electrons. The molecule has 1 aromatic heterocycles. The maximum absolute atomic E-state index is 5.63. The predicted molar refractivity (Wildman–Crippen MR) is 68.2 cm³/mol. The third kappa shape index (κ3) is 3.30. The van der Waals surface area contributed by atoms with E-state index in [-0.39, 0.29) is 0 Å². The van der Waals surface area contributed by atoms with Crippen LogP contribution in [0.15, 0.2) is 10.7 Å². The van der Waals surface area contributed by atoms with Crippen LogP contribution in [0, 0.1) is 0 Å². The third-order valence-electron chi connectivity index (χ3n) is 3.50. The Morgan fingerprint density at radius 1 is 1.59 bits per heavy atom. The average Bonchev–Trinajstić information content (AvgIpc) is 2.85. The van der Waals surface area contributed by atoms with E-state index in [2.05, 4.69) is 22.1 Å². The van der Waals surface area contributed by atoms with Crippen LogP contribution in [0.4, 0.5) is 0 Å². The molecule has 1 atom stereocenters. The molecule has 0 radical (unpaired) electrons. The molecule has 4 heteroatoms. The van der Waals surface area contributed by atoms with Crippen LogP contribution in [-0.4, -0.2) is 43.1 Å². The lowest BCUT2D eigenvalue weighted by atomic mass is 9.98. The number of hydrogen-bond acceptors (Lipinski definition) is 4. The van der Waals surface area contributed by atoms with Gasteiger partial charge in [-0.05, 0) is 33.0 Å². The average molecular weight is 237 g/mol. The number of likely N-dealkylation sites (tertiary alicyclic amines) is 1. The fourth-order valence-corrected chi connectivity index (χ4v) is 2.42. The monoisotopic (exact) mass is 237 g/mol. The minimum atomic E-state index is 0.493. The minimum absolute atomic E-state index is 0.493. The second-order valence-corrected chi connectivity index (χ2v) is 4.76. The molecule has 0 bridgehead atoms. The van der Waals surface area contributed by atoms with E-state index in [4.69, 9.17) is 4.42 Å². The lowest BCUT2D eigenvalue weighted by Gasteiger charge is -2.29. The van der Waals surface area contributed by atoms with Crippen molar-refractivity contribution in [3.8, 4) is 0 Å². The van der Waals surface area contributed by atoms with Crippen molar-refractivity contribution in [2.45, 2.75) is 32.1 Å². The van der Waals surface area contributed by atoms with Gasteiger partial charge >= 0.3 is 0 Å². The van der Waals surface area contributed by atoms with Gasteiger partial charge in [-0.25, -0.2) is 4.98 Å². The lowest BCUT2D eigenvalue weighted by Crippen LogP contribution is -2.34. The van der Waals surface area contributed by atoms with Gasteiger partial charge in [0.1, 0.15) is 6.26 Å². The van der Waals surface area contributed by atoms with Crippen LogP contribution < -0.4 is 5.32 Å². The zero-order chi connectivity index (χ0) is 12.1. The summed E-state index contributed by atoms with van der Waals surface area (Å²) in [6.07, 6.45) is 5.23. The predicted octanol–water partition coefficient (Wildman–Crippen LogP) is 1.64. The molecule has 1 aromatic rings. The Kier molecular flexibility index (Phi) is 4.57. The van der Waals surface area contributed by atoms with Gasteiger partial charge in [0.25, 0.3) is 0 Å². The van der Waals surface area contributed by atoms with Gasteiger partial charge in [0.15, 0.2) is 5.89 Å². The topological polar surface area (TPSA) is 41.3 Å². The van der Waals surface area contributed by atoms with Crippen molar-refractivity contribution in [1.82, 2.24) is 15.2 Å². The molecule has 1 aliphatic heterocycles. The Morgan fingerprint density at radius 2 is 2.47 bits per heavy atom. The van der Waals surface area contributed by atoms with E-state index in [1.54, 1.807) is 0 Å². The number of nitrogens with one attached hydrogen (secondary N) is 1. The Hall–Kier alpha value is -0.870. The Labute approximate surface area is 103 Å². The van der Waals surface area contributed by atoms with Crippen molar-refractivity contribution in [3.63, 3.8) is 0 Å². The highest BCUT2D eigenvalue weighted by Gasteiger charge is 2.24. The highest BCUT2D eigenvalue weighted by Crippen LogP contribution is 2.26. The van der Waals surface area contributed by atoms with Gasteiger partial charge in [0, 0.05) is 25.4 Å². The van der Waals surface area contributed by atoms with Crippen LogP contribution in [0.1, 0.15) is 37.3 Å². The van der Waals surface area contributed by atoms with Crippen molar-refractivity contribution in [1.29, 1.82) is 0 Å². The summed E-state index contributed by atoms with van der Waals surface area (Å²) >= 11 is 0. The van der Waals surface area contributed by atoms with Gasteiger partial charge < -0.3 is 14.6 Å². The Bertz CT molecular complexity index is 337. The van der Waals surface area contributed by atoms with E-state index >= 15 is 0 Å². The highest BCUT2D eigenvalue weighted by molar-refractivity contribution is 5.03. The normalized spacial score (nSPS) is 21.9. The van der Waals surface area contributed by atoms with Crippen molar-refractivity contribution in [3.05, 3.63) is 17.8 Å². The van der Waals surface area contributed by atoms with Crippen LogP contribution in [0.3, 0.4) is 0 Å². The quantitative estimate of drug-likeness (QED) is 0.845. The number of hydrogen-bond donors (Lipinski definition) is 1. The summed E-state index contributed by atoms with van der Waals surface area (Å²) in [4.78, 5) is 7.08. The molecule has 0 saturated carbocycles. The number of oxazole rings is 1. The summed E-state index contributed by atoms with van der Waals surface area (Å²) in [5.41, 5.74) is 1.07. The highest BCUT2D eigenvalue weighted by atomic mass is 16.3. The second kappa shape index (κ2) is 6.17. The van der Waals surface area contributed by atoms with Crippen LogP contribution in [0.25, 0.3) is 0 Å². The van der Waals surface area contributed by atoms with E-state index in [1.807, 2.05) is 13.3 Å². The molecule has 1 unspecified atom stereocenters. The SMILES string of the molecule is CCN1CCCC(c2nc(CCNC)co2)C1. The fraction of sp³-hybridized carbons (Fsp3) is 0.769. The van der Waals surface area contributed by atoms with Crippen LogP contribution >= 0.6 is 0 Å². The van der Waals surface area contributed by atoms with Gasteiger partial charge in [-0.15, -0.1) is 0 Å². The van der Waals surface area contributed by atoms with Gasteiger partial charge in [0.05, 0.1) is 5.69 Å². The lowest BCUT2D eigenvalue weighted by molar-refractivity contribution is 0.202. The van der Waals surface area contributed by atoms with Crippen LogP contribution in [-0.2, 0) is 6.42 Å². The molecular weight excluding hydrogens is 214 g/mol.